The Morgan fingerprint density at radius 2 is 1.89 bits per heavy atom. The van der Waals surface area contributed by atoms with Crippen molar-refractivity contribution in [1.82, 2.24) is 0 Å². The average Bonchev–Trinajstić information content (AvgIpc) is 2.65. The lowest BCUT2D eigenvalue weighted by Gasteiger charge is -2.06. The van der Waals surface area contributed by atoms with E-state index < -0.39 is 0 Å². The number of rotatable bonds is 2. The van der Waals surface area contributed by atoms with Gasteiger partial charge >= 0.3 is 0 Å². The molecule has 0 saturated carbocycles. The molecule has 1 amide bonds. The molecule has 2 aromatic rings. The summed E-state index contributed by atoms with van der Waals surface area (Å²) in [5.41, 5.74) is 3.21. The Hall–Kier alpha value is -0.650. The Morgan fingerprint density at radius 1 is 1.17 bits per heavy atom. The van der Waals surface area contributed by atoms with E-state index in [4.69, 9.17) is 0 Å². The van der Waals surface area contributed by atoms with Crippen LogP contribution in [0.2, 0.25) is 0 Å². The number of benzene rings is 1. The molecule has 2 rings (SSSR count). The van der Waals surface area contributed by atoms with E-state index in [1.54, 1.807) is 0 Å². The average molecular weight is 389 g/mol. The Balaban J connectivity index is 2.18. The third-order valence-corrected chi connectivity index (χ3v) is 5.89. The van der Waals surface area contributed by atoms with Crippen LogP contribution < -0.4 is 5.32 Å². The van der Waals surface area contributed by atoms with Gasteiger partial charge in [-0.15, -0.1) is 11.3 Å². The van der Waals surface area contributed by atoms with Gasteiger partial charge in [-0.2, -0.15) is 0 Å². The maximum absolute atomic E-state index is 12.0. The van der Waals surface area contributed by atoms with Gasteiger partial charge in [-0.3, -0.25) is 4.79 Å². The molecule has 94 valence electrons. The van der Waals surface area contributed by atoms with E-state index in [2.05, 4.69) is 44.1 Å². The van der Waals surface area contributed by atoms with Crippen LogP contribution in [-0.4, -0.2) is 5.91 Å². The van der Waals surface area contributed by atoms with Crippen LogP contribution in [0.3, 0.4) is 0 Å². The highest BCUT2D eigenvalue weighted by atomic mass is 79.9. The van der Waals surface area contributed by atoms with E-state index >= 15 is 0 Å². The lowest BCUT2D eigenvalue weighted by atomic mass is 10.1. The molecular weight excluding hydrogens is 378 g/mol. The molecule has 0 fully saturated rings. The molecule has 0 aliphatic rings. The molecule has 0 radical (unpaired) electrons. The zero-order valence-electron chi connectivity index (χ0n) is 9.88. The second-order valence-electron chi connectivity index (χ2n) is 3.99. The standard InChI is InChI=1S/C13H11Br2NOS/c1-7-3-4-9(5-8(7)2)16-13(17)11-6-10(14)12(15)18-11/h3-6H,1-2H3,(H,16,17). The molecule has 1 heterocycles. The van der Waals surface area contributed by atoms with Gasteiger partial charge in [-0.1, -0.05) is 6.07 Å². The third kappa shape index (κ3) is 3.02. The number of thiophene rings is 1. The number of carbonyl (C=O) groups excluding carboxylic acids is 1. The molecule has 0 aliphatic carbocycles. The van der Waals surface area contributed by atoms with Crippen LogP contribution in [0.4, 0.5) is 5.69 Å². The summed E-state index contributed by atoms with van der Waals surface area (Å²) in [7, 11) is 0. The van der Waals surface area contributed by atoms with Crippen LogP contribution in [0.15, 0.2) is 32.5 Å². The molecule has 0 bridgehead atoms. The Morgan fingerprint density at radius 3 is 2.44 bits per heavy atom. The van der Waals surface area contributed by atoms with Crippen molar-refractivity contribution in [3.05, 3.63) is 48.5 Å². The molecule has 1 aromatic carbocycles. The van der Waals surface area contributed by atoms with Gasteiger partial charge in [0, 0.05) is 10.2 Å². The summed E-state index contributed by atoms with van der Waals surface area (Å²) in [5, 5.41) is 2.90. The van der Waals surface area contributed by atoms with Gasteiger partial charge in [0.25, 0.3) is 5.91 Å². The number of nitrogens with one attached hydrogen (secondary N) is 1. The fraction of sp³-hybridized carbons (Fsp3) is 0.154. The topological polar surface area (TPSA) is 29.1 Å². The minimum Gasteiger partial charge on any atom is -0.321 e. The quantitative estimate of drug-likeness (QED) is 0.757. The van der Waals surface area contributed by atoms with Crippen molar-refractivity contribution in [2.45, 2.75) is 13.8 Å². The molecule has 1 N–H and O–H groups in total. The Labute approximate surface area is 127 Å². The SMILES string of the molecule is Cc1ccc(NC(=O)c2cc(Br)c(Br)s2)cc1C. The van der Waals surface area contributed by atoms with Crippen molar-refractivity contribution in [2.75, 3.05) is 5.32 Å². The summed E-state index contributed by atoms with van der Waals surface area (Å²) in [6.45, 7) is 4.08. The number of amides is 1. The van der Waals surface area contributed by atoms with Crippen LogP contribution in [0.1, 0.15) is 20.8 Å². The maximum Gasteiger partial charge on any atom is 0.265 e. The Bertz CT molecular complexity index is 588. The van der Waals surface area contributed by atoms with Crippen LogP contribution in [-0.2, 0) is 0 Å². The first-order chi connectivity index (χ1) is 8.47. The number of carbonyl (C=O) groups is 1. The predicted octanol–water partition coefficient (Wildman–Crippen LogP) is 5.14. The van der Waals surface area contributed by atoms with Gasteiger partial charge in [0.15, 0.2) is 0 Å². The molecule has 0 atom stereocenters. The van der Waals surface area contributed by atoms with Crippen molar-refractivity contribution < 1.29 is 4.79 Å². The summed E-state index contributed by atoms with van der Waals surface area (Å²) in [5.74, 6) is -0.0883. The van der Waals surface area contributed by atoms with Crippen LogP contribution >= 0.6 is 43.2 Å². The van der Waals surface area contributed by atoms with Crippen molar-refractivity contribution in [3.63, 3.8) is 0 Å². The van der Waals surface area contributed by atoms with Gasteiger partial charge in [0.2, 0.25) is 0 Å². The normalized spacial score (nSPS) is 10.4. The van der Waals surface area contributed by atoms with Crippen molar-refractivity contribution in [2.24, 2.45) is 0 Å². The summed E-state index contributed by atoms with van der Waals surface area (Å²) in [6.07, 6.45) is 0. The molecule has 0 spiro atoms. The highest BCUT2D eigenvalue weighted by Crippen LogP contribution is 2.32. The third-order valence-electron chi connectivity index (χ3n) is 2.63. The van der Waals surface area contributed by atoms with E-state index in [-0.39, 0.29) is 5.91 Å². The minimum absolute atomic E-state index is 0.0883. The van der Waals surface area contributed by atoms with E-state index in [0.29, 0.717) is 4.88 Å². The van der Waals surface area contributed by atoms with Crippen LogP contribution in [0.5, 0.6) is 0 Å². The first kappa shape index (κ1) is 13.8. The fourth-order valence-electron chi connectivity index (χ4n) is 1.47. The van der Waals surface area contributed by atoms with Gasteiger partial charge in [-0.05, 0) is 75.0 Å². The number of halogens is 2. The molecule has 0 unspecified atom stereocenters. The van der Waals surface area contributed by atoms with Crippen LogP contribution in [0.25, 0.3) is 0 Å². The molecule has 1 aromatic heterocycles. The molecule has 2 nitrogen and oxygen atoms in total. The number of anilines is 1. The number of hydrogen-bond donors (Lipinski definition) is 1. The minimum atomic E-state index is -0.0883. The van der Waals surface area contributed by atoms with Crippen molar-refractivity contribution >= 4 is 54.8 Å². The fourth-order valence-corrected chi connectivity index (χ4v) is 3.40. The lowest BCUT2D eigenvalue weighted by molar-refractivity contribution is 0.103. The number of aryl methyl sites for hydroxylation is 2. The maximum atomic E-state index is 12.0. The van der Waals surface area contributed by atoms with Gasteiger partial charge in [0.05, 0.1) is 8.66 Å². The summed E-state index contributed by atoms with van der Waals surface area (Å²) in [6, 6.07) is 7.71. The number of hydrogen-bond acceptors (Lipinski definition) is 2. The zero-order chi connectivity index (χ0) is 13.3. The lowest BCUT2D eigenvalue weighted by Crippen LogP contribution is -2.10. The first-order valence-electron chi connectivity index (χ1n) is 5.31. The highest BCUT2D eigenvalue weighted by molar-refractivity contribution is 9.13. The van der Waals surface area contributed by atoms with E-state index in [1.807, 2.05) is 31.2 Å². The van der Waals surface area contributed by atoms with E-state index in [9.17, 15) is 4.79 Å². The Kier molecular flexibility index (Phi) is 4.25. The second kappa shape index (κ2) is 5.55. The summed E-state index contributed by atoms with van der Waals surface area (Å²) >= 11 is 8.16. The first-order valence-corrected chi connectivity index (χ1v) is 7.71. The highest BCUT2D eigenvalue weighted by Gasteiger charge is 2.12. The van der Waals surface area contributed by atoms with Crippen LogP contribution in [0, 0.1) is 13.8 Å². The van der Waals surface area contributed by atoms with Crippen molar-refractivity contribution in [3.8, 4) is 0 Å². The second-order valence-corrected chi connectivity index (χ2v) is 7.21. The summed E-state index contributed by atoms with van der Waals surface area (Å²) < 4.78 is 1.82. The molecule has 0 aliphatic heterocycles. The zero-order valence-corrected chi connectivity index (χ0v) is 13.9. The van der Waals surface area contributed by atoms with E-state index in [1.165, 1.54) is 22.5 Å². The summed E-state index contributed by atoms with van der Waals surface area (Å²) in [4.78, 5) is 12.7. The molecular formula is C13H11Br2NOS. The molecule has 18 heavy (non-hydrogen) atoms. The molecule has 0 saturated heterocycles. The monoisotopic (exact) mass is 387 g/mol. The molecule has 5 heteroatoms. The van der Waals surface area contributed by atoms with Gasteiger partial charge in [-0.25, -0.2) is 0 Å². The van der Waals surface area contributed by atoms with Gasteiger partial charge < -0.3 is 5.32 Å². The van der Waals surface area contributed by atoms with Crippen molar-refractivity contribution in [1.29, 1.82) is 0 Å². The largest absolute Gasteiger partial charge is 0.321 e. The predicted molar refractivity (Wildman–Crippen MR) is 83.6 cm³/mol. The van der Waals surface area contributed by atoms with E-state index in [0.717, 1.165) is 13.9 Å². The smallest absolute Gasteiger partial charge is 0.265 e. The van der Waals surface area contributed by atoms with Gasteiger partial charge in [0.1, 0.15) is 0 Å².